The topological polar surface area (TPSA) is 47.3 Å². The van der Waals surface area contributed by atoms with Crippen LogP contribution in [0.4, 0.5) is 0 Å². The van der Waals surface area contributed by atoms with Crippen molar-refractivity contribution in [2.24, 2.45) is 5.73 Å². The van der Waals surface area contributed by atoms with Crippen LogP contribution in [0, 0.1) is 0 Å². The summed E-state index contributed by atoms with van der Waals surface area (Å²) in [5.41, 5.74) is 5.94. The summed E-state index contributed by atoms with van der Waals surface area (Å²) >= 11 is 0. The zero-order valence-corrected chi connectivity index (χ0v) is 9.30. The van der Waals surface area contributed by atoms with Crippen LogP contribution in [0.2, 0.25) is 0 Å². The average molecular weight is 200 g/mol. The molecular formula is C11H24N2O. The maximum absolute atomic E-state index is 5.94. The molecule has 0 radical (unpaired) electrons. The Labute approximate surface area is 87.4 Å². The van der Waals surface area contributed by atoms with E-state index in [-0.39, 0.29) is 0 Å². The third kappa shape index (κ3) is 4.94. The first-order valence-electron chi connectivity index (χ1n) is 5.90. The lowest BCUT2D eigenvalue weighted by molar-refractivity contribution is 0.110. The molecule has 3 heteroatoms. The Morgan fingerprint density at radius 1 is 1.57 bits per heavy atom. The van der Waals surface area contributed by atoms with Crippen LogP contribution in [-0.2, 0) is 4.74 Å². The summed E-state index contributed by atoms with van der Waals surface area (Å²) in [7, 11) is 0. The molecule has 1 saturated heterocycles. The smallest absolute Gasteiger partial charge is 0.0700 e. The summed E-state index contributed by atoms with van der Waals surface area (Å²) < 4.78 is 5.51. The molecule has 0 spiro atoms. The molecule has 1 aliphatic heterocycles. The standard InChI is InChI=1S/C11H24N2O/c1-2-3-5-10(12)8-13-9-11-6-4-7-14-11/h10-11,13H,2-9,12H2,1H3. The number of nitrogens with two attached hydrogens (primary N) is 1. The fraction of sp³-hybridized carbons (Fsp3) is 1.00. The number of unbranched alkanes of at least 4 members (excludes halogenated alkanes) is 1. The van der Waals surface area contributed by atoms with Gasteiger partial charge in [-0.25, -0.2) is 0 Å². The van der Waals surface area contributed by atoms with Crippen LogP contribution in [0.5, 0.6) is 0 Å². The van der Waals surface area contributed by atoms with Crippen molar-refractivity contribution in [1.82, 2.24) is 5.32 Å². The van der Waals surface area contributed by atoms with Crippen molar-refractivity contribution < 1.29 is 4.74 Å². The van der Waals surface area contributed by atoms with E-state index in [0.29, 0.717) is 12.1 Å². The predicted octanol–water partition coefficient (Wildman–Crippen LogP) is 1.27. The Balaban J connectivity index is 1.91. The third-order valence-corrected chi connectivity index (χ3v) is 2.73. The van der Waals surface area contributed by atoms with E-state index < -0.39 is 0 Å². The molecule has 1 rings (SSSR count). The molecule has 0 aromatic rings. The summed E-state index contributed by atoms with van der Waals surface area (Å²) in [6.45, 7) is 5.04. The van der Waals surface area contributed by atoms with Crippen molar-refractivity contribution in [2.75, 3.05) is 19.7 Å². The third-order valence-electron chi connectivity index (χ3n) is 2.73. The molecule has 84 valence electrons. The van der Waals surface area contributed by atoms with Gasteiger partial charge in [0.15, 0.2) is 0 Å². The zero-order valence-electron chi connectivity index (χ0n) is 9.30. The van der Waals surface area contributed by atoms with Crippen LogP contribution in [0.15, 0.2) is 0 Å². The monoisotopic (exact) mass is 200 g/mol. The summed E-state index contributed by atoms with van der Waals surface area (Å²) in [5, 5.41) is 3.39. The lowest BCUT2D eigenvalue weighted by Gasteiger charge is -2.14. The van der Waals surface area contributed by atoms with Gasteiger partial charge in [0, 0.05) is 25.7 Å². The van der Waals surface area contributed by atoms with Gasteiger partial charge in [-0.2, -0.15) is 0 Å². The van der Waals surface area contributed by atoms with Crippen LogP contribution < -0.4 is 11.1 Å². The second-order valence-electron chi connectivity index (χ2n) is 4.20. The van der Waals surface area contributed by atoms with E-state index >= 15 is 0 Å². The summed E-state index contributed by atoms with van der Waals surface area (Å²) in [6, 6.07) is 0.316. The molecule has 0 aromatic heterocycles. The van der Waals surface area contributed by atoms with Gasteiger partial charge in [-0.15, -0.1) is 0 Å². The molecule has 1 aliphatic rings. The minimum absolute atomic E-state index is 0.316. The van der Waals surface area contributed by atoms with Crippen LogP contribution in [-0.4, -0.2) is 31.8 Å². The molecule has 14 heavy (non-hydrogen) atoms. The van der Waals surface area contributed by atoms with Crippen molar-refractivity contribution in [3.63, 3.8) is 0 Å². The molecule has 1 heterocycles. The van der Waals surface area contributed by atoms with Gasteiger partial charge < -0.3 is 15.8 Å². The highest BCUT2D eigenvalue weighted by atomic mass is 16.5. The highest BCUT2D eigenvalue weighted by Gasteiger charge is 2.14. The van der Waals surface area contributed by atoms with Crippen LogP contribution in [0.25, 0.3) is 0 Å². The van der Waals surface area contributed by atoms with Gasteiger partial charge in [0.1, 0.15) is 0 Å². The Morgan fingerprint density at radius 2 is 2.43 bits per heavy atom. The van der Waals surface area contributed by atoms with Crippen LogP contribution >= 0.6 is 0 Å². The average Bonchev–Trinajstić information content (AvgIpc) is 2.67. The van der Waals surface area contributed by atoms with Crippen LogP contribution in [0.3, 0.4) is 0 Å². The van der Waals surface area contributed by atoms with Gasteiger partial charge in [0.25, 0.3) is 0 Å². The molecule has 2 unspecified atom stereocenters. The fourth-order valence-electron chi connectivity index (χ4n) is 1.80. The molecule has 3 N–H and O–H groups in total. The first kappa shape index (κ1) is 12.0. The highest BCUT2D eigenvalue weighted by Crippen LogP contribution is 2.10. The van der Waals surface area contributed by atoms with Gasteiger partial charge in [-0.3, -0.25) is 0 Å². The van der Waals surface area contributed by atoms with E-state index in [4.69, 9.17) is 10.5 Å². The number of ether oxygens (including phenoxy) is 1. The molecule has 1 fully saturated rings. The Morgan fingerprint density at radius 3 is 3.07 bits per heavy atom. The van der Waals surface area contributed by atoms with Crippen molar-refractivity contribution in [3.8, 4) is 0 Å². The second-order valence-corrected chi connectivity index (χ2v) is 4.20. The summed E-state index contributed by atoms with van der Waals surface area (Å²) in [6.07, 6.45) is 6.47. The number of rotatable bonds is 7. The number of hydrogen-bond donors (Lipinski definition) is 2. The predicted molar refractivity (Wildman–Crippen MR) is 59.3 cm³/mol. The Kier molecular flexibility index (Phi) is 6.15. The van der Waals surface area contributed by atoms with Gasteiger partial charge >= 0.3 is 0 Å². The van der Waals surface area contributed by atoms with E-state index in [1.165, 1.54) is 25.7 Å². The van der Waals surface area contributed by atoms with Gasteiger partial charge in [-0.1, -0.05) is 19.8 Å². The maximum Gasteiger partial charge on any atom is 0.0700 e. The molecule has 0 aromatic carbocycles. The maximum atomic E-state index is 5.94. The highest BCUT2D eigenvalue weighted by molar-refractivity contribution is 4.70. The van der Waals surface area contributed by atoms with Crippen molar-refractivity contribution >= 4 is 0 Å². The Bertz CT molecular complexity index is 135. The molecule has 0 amide bonds. The lowest BCUT2D eigenvalue weighted by atomic mass is 10.1. The second kappa shape index (κ2) is 7.21. The minimum atomic E-state index is 0.316. The SMILES string of the molecule is CCCCC(N)CNCC1CCCO1. The largest absolute Gasteiger partial charge is 0.377 e. The van der Waals surface area contributed by atoms with E-state index in [0.717, 1.165) is 26.1 Å². The molecule has 0 aliphatic carbocycles. The van der Waals surface area contributed by atoms with E-state index in [2.05, 4.69) is 12.2 Å². The number of hydrogen-bond acceptors (Lipinski definition) is 3. The minimum Gasteiger partial charge on any atom is -0.377 e. The van der Waals surface area contributed by atoms with Gasteiger partial charge in [-0.05, 0) is 19.3 Å². The molecule has 0 bridgehead atoms. The van der Waals surface area contributed by atoms with E-state index in [9.17, 15) is 0 Å². The van der Waals surface area contributed by atoms with E-state index in [1.54, 1.807) is 0 Å². The number of nitrogens with one attached hydrogen (secondary N) is 1. The first-order chi connectivity index (χ1) is 6.83. The summed E-state index contributed by atoms with van der Waals surface area (Å²) in [4.78, 5) is 0. The van der Waals surface area contributed by atoms with Crippen molar-refractivity contribution in [1.29, 1.82) is 0 Å². The molecule has 0 saturated carbocycles. The van der Waals surface area contributed by atoms with E-state index in [1.807, 2.05) is 0 Å². The quantitative estimate of drug-likeness (QED) is 0.650. The van der Waals surface area contributed by atoms with Gasteiger partial charge in [0.05, 0.1) is 6.10 Å². The van der Waals surface area contributed by atoms with Crippen molar-refractivity contribution in [3.05, 3.63) is 0 Å². The first-order valence-corrected chi connectivity index (χ1v) is 5.90. The Hall–Kier alpha value is -0.120. The normalized spacial score (nSPS) is 24.0. The fourth-order valence-corrected chi connectivity index (χ4v) is 1.80. The molecule has 2 atom stereocenters. The van der Waals surface area contributed by atoms with Gasteiger partial charge in [0.2, 0.25) is 0 Å². The molecule has 3 nitrogen and oxygen atoms in total. The van der Waals surface area contributed by atoms with Crippen molar-refractivity contribution in [2.45, 2.75) is 51.2 Å². The van der Waals surface area contributed by atoms with Crippen LogP contribution in [0.1, 0.15) is 39.0 Å². The summed E-state index contributed by atoms with van der Waals surface area (Å²) in [5.74, 6) is 0. The lowest BCUT2D eigenvalue weighted by Crippen LogP contribution is -2.37. The molecular weight excluding hydrogens is 176 g/mol. The zero-order chi connectivity index (χ0) is 10.2.